The zero-order valence-corrected chi connectivity index (χ0v) is 19.6. The Morgan fingerprint density at radius 2 is 1.79 bits per heavy atom. The van der Waals surface area contributed by atoms with E-state index in [4.69, 9.17) is 15.7 Å². The lowest BCUT2D eigenvalue weighted by Gasteiger charge is -2.26. The fourth-order valence-electron chi connectivity index (χ4n) is 4.15. The van der Waals surface area contributed by atoms with Gasteiger partial charge < -0.3 is 15.7 Å². The Hall–Kier alpha value is -3.65. The quantitative estimate of drug-likeness (QED) is 0.174. The first-order chi connectivity index (χ1) is 16.1. The van der Waals surface area contributed by atoms with Crippen LogP contribution in [0.15, 0.2) is 87.8 Å². The third-order valence-electron chi connectivity index (χ3n) is 5.80. The van der Waals surface area contributed by atoms with Crippen molar-refractivity contribution in [2.45, 2.75) is 37.2 Å². The number of oxime groups is 1. The lowest BCUT2D eigenvalue weighted by Crippen LogP contribution is -2.27. The summed E-state index contributed by atoms with van der Waals surface area (Å²) >= 11 is 0. The number of sulfone groups is 1. The van der Waals surface area contributed by atoms with Gasteiger partial charge in [0.2, 0.25) is 9.84 Å². The number of hydrogen-bond donors (Lipinski definition) is 2. The van der Waals surface area contributed by atoms with Crippen LogP contribution in [-0.2, 0) is 21.0 Å². The van der Waals surface area contributed by atoms with E-state index in [0.29, 0.717) is 17.5 Å². The number of ether oxygens (including phenoxy) is 1. The molecule has 1 unspecified atom stereocenters. The number of nitrogens with two attached hydrogens (primary N) is 1. The minimum Gasteiger partial charge on any atom is -0.485 e. The second-order valence-electron chi connectivity index (χ2n) is 8.67. The van der Waals surface area contributed by atoms with E-state index in [1.54, 1.807) is 24.3 Å². The standard InChI is InChI=1S/C26H25FN2O4S/c1-17-4-3-5-18(14-17)15-26(2)16-23(34(31,32)22-12-10-21(27)11-13-22)24(33-26)19-6-8-20(9-7-19)25(28)29-30/h3-14,30H,15-16H2,1-2H3,(H2,28,29). The Kier molecular flexibility index (Phi) is 6.18. The highest BCUT2D eigenvalue weighted by atomic mass is 32.2. The number of halogens is 1. The summed E-state index contributed by atoms with van der Waals surface area (Å²) in [5.41, 5.74) is 8.00. The number of aryl methyl sites for hydroxylation is 1. The van der Waals surface area contributed by atoms with Crippen molar-refractivity contribution in [3.05, 3.63) is 106 Å². The van der Waals surface area contributed by atoms with Crippen LogP contribution in [0.5, 0.6) is 0 Å². The maximum atomic E-state index is 13.6. The monoisotopic (exact) mass is 480 g/mol. The molecule has 1 atom stereocenters. The molecule has 0 radical (unpaired) electrons. The van der Waals surface area contributed by atoms with E-state index in [1.165, 1.54) is 12.1 Å². The molecule has 0 saturated heterocycles. The van der Waals surface area contributed by atoms with E-state index in [-0.39, 0.29) is 27.8 Å². The largest absolute Gasteiger partial charge is 0.485 e. The summed E-state index contributed by atoms with van der Waals surface area (Å²) in [7, 11) is -3.96. The van der Waals surface area contributed by atoms with Crippen LogP contribution in [0.2, 0.25) is 0 Å². The lowest BCUT2D eigenvalue weighted by molar-refractivity contribution is 0.0800. The third kappa shape index (κ3) is 4.68. The first-order valence-corrected chi connectivity index (χ1v) is 12.2. The SMILES string of the molecule is Cc1cccc(CC2(C)CC(S(=O)(=O)c3ccc(F)cc3)=C(c3ccc(/C(N)=N/O)cc3)O2)c1. The fraction of sp³-hybridized carbons (Fsp3) is 0.192. The van der Waals surface area contributed by atoms with Crippen molar-refractivity contribution in [3.63, 3.8) is 0 Å². The number of rotatable bonds is 6. The molecule has 176 valence electrons. The highest BCUT2D eigenvalue weighted by Gasteiger charge is 2.43. The van der Waals surface area contributed by atoms with Crippen molar-refractivity contribution in [2.24, 2.45) is 10.9 Å². The smallest absolute Gasteiger partial charge is 0.206 e. The van der Waals surface area contributed by atoms with Gasteiger partial charge in [-0.2, -0.15) is 0 Å². The predicted molar refractivity (Wildman–Crippen MR) is 128 cm³/mol. The molecule has 4 rings (SSSR count). The molecule has 6 nitrogen and oxygen atoms in total. The Morgan fingerprint density at radius 1 is 1.12 bits per heavy atom. The van der Waals surface area contributed by atoms with Crippen LogP contribution in [-0.4, -0.2) is 25.1 Å². The Morgan fingerprint density at radius 3 is 2.41 bits per heavy atom. The first-order valence-electron chi connectivity index (χ1n) is 10.7. The molecule has 0 amide bonds. The molecule has 0 spiro atoms. The lowest BCUT2D eigenvalue weighted by atomic mass is 9.93. The molecule has 3 aromatic carbocycles. The molecule has 0 bridgehead atoms. The van der Waals surface area contributed by atoms with Gasteiger partial charge in [-0.05, 0) is 43.7 Å². The van der Waals surface area contributed by atoms with Gasteiger partial charge in [-0.15, -0.1) is 0 Å². The van der Waals surface area contributed by atoms with Crippen LogP contribution in [0, 0.1) is 12.7 Å². The van der Waals surface area contributed by atoms with Crippen LogP contribution in [0.1, 0.15) is 35.6 Å². The molecule has 0 aromatic heterocycles. The van der Waals surface area contributed by atoms with E-state index in [0.717, 1.165) is 23.3 Å². The summed E-state index contributed by atoms with van der Waals surface area (Å²) < 4.78 is 47.0. The minimum absolute atomic E-state index is 0.00177. The average Bonchev–Trinajstić information content (AvgIpc) is 3.17. The van der Waals surface area contributed by atoms with Gasteiger partial charge in [-0.3, -0.25) is 0 Å². The topological polar surface area (TPSA) is 102 Å². The molecule has 0 aliphatic carbocycles. The van der Waals surface area contributed by atoms with Crippen molar-refractivity contribution >= 4 is 21.4 Å². The van der Waals surface area contributed by atoms with Crippen LogP contribution in [0.3, 0.4) is 0 Å². The average molecular weight is 481 g/mol. The van der Waals surface area contributed by atoms with E-state index >= 15 is 0 Å². The van der Waals surface area contributed by atoms with Crippen LogP contribution in [0.25, 0.3) is 5.76 Å². The van der Waals surface area contributed by atoms with Crippen molar-refractivity contribution in [3.8, 4) is 0 Å². The summed E-state index contributed by atoms with van der Waals surface area (Å²) in [4.78, 5) is 0.129. The Bertz CT molecular complexity index is 1380. The second kappa shape index (κ2) is 8.95. The third-order valence-corrected chi connectivity index (χ3v) is 7.67. The molecule has 0 saturated carbocycles. The summed E-state index contributed by atoms with van der Waals surface area (Å²) in [6, 6.07) is 19.3. The minimum atomic E-state index is -3.96. The molecule has 3 N–H and O–H groups in total. The van der Waals surface area contributed by atoms with Gasteiger partial charge >= 0.3 is 0 Å². The number of hydrogen-bond acceptors (Lipinski definition) is 5. The van der Waals surface area contributed by atoms with Gasteiger partial charge in [0.1, 0.15) is 17.2 Å². The maximum absolute atomic E-state index is 13.6. The van der Waals surface area contributed by atoms with Gasteiger partial charge in [-0.1, -0.05) is 59.3 Å². The van der Waals surface area contributed by atoms with E-state index in [1.807, 2.05) is 38.1 Å². The zero-order chi connectivity index (χ0) is 24.5. The molecule has 1 aliphatic heterocycles. The number of benzene rings is 3. The van der Waals surface area contributed by atoms with Crippen molar-refractivity contribution in [1.29, 1.82) is 0 Å². The molecule has 34 heavy (non-hydrogen) atoms. The van der Waals surface area contributed by atoms with Gasteiger partial charge in [-0.25, -0.2) is 12.8 Å². The molecular formula is C26H25FN2O4S. The van der Waals surface area contributed by atoms with Crippen LogP contribution in [0.4, 0.5) is 4.39 Å². The van der Waals surface area contributed by atoms with E-state index in [2.05, 4.69) is 5.16 Å². The van der Waals surface area contributed by atoms with Gasteiger partial charge in [0, 0.05) is 24.0 Å². The number of nitrogens with zero attached hydrogens (tertiary/aromatic N) is 1. The Balaban J connectivity index is 1.78. The molecule has 0 fully saturated rings. The van der Waals surface area contributed by atoms with Crippen LogP contribution >= 0.6 is 0 Å². The molecule has 1 aliphatic rings. The number of amidine groups is 1. The van der Waals surface area contributed by atoms with E-state index in [9.17, 15) is 12.8 Å². The van der Waals surface area contributed by atoms with E-state index < -0.39 is 21.3 Å². The first kappa shape index (κ1) is 23.5. The summed E-state index contributed by atoms with van der Waals surface area (Å²) in [5, 5.41) is 11.9. The van der Waals surface area contributed by atoms with Crippen molar-refractivity contribution < 1.29 is 22.8 Å². The predicted octanol–water partition coefficient (Wildman–Crippen LogP) is 4.79. The molecular weight excluding hydrogens is 455 g/mol. The summed E-state index contributed by atoms with van der Waals surface area (Å²) in [6.45, 7) is 3.88. The fourth-order valence-corrected chi connectivity index (χ4v) is 5.83. The molecule has 3 aromatic rings. The van der Waals surface area contributed by atoms with Crippen LogP contribution < -0.4 is 5.73 Å². The zero-order valence-electron chi connectivity index (χ0n) is 18.8. The summed E-state index contributed by atoms with van der Waals surface area (Å²) in [5.74, 6) is -0.333. The summed E-state index contributed by atoms with van der Waals surface area (Å²) in [6.07, 6.45) is 0.654. The van der Waals surface area contributed by atoms with Gasteiger partial charge in [0.05, 0.1) is 9.80 Å². The van der Waals surface area contributed by atoms with Gasteiger partial charge in [0.15, 0.2) is 5.84 Å². The van der Waals surface area contributed by atoms with Crippen molar-refractivity contribution in [1.82, 2.24) is 0 Å². The van der Waals surface area contributed by atoms with Crippen molar-refractivity contribution in [2.75, 3.05) is 0 Å². The maximum Gasteiger partial charge on any atom is 0.206 e. The second-order valence-corrected chi connectivity index (χ2v) is 10.6. The highest BCUT2D eigenvalue weighted by molar-refractivity contribution is 7.95. The Labute approximate surface area is 198 Å². The normalized spacial score (nSPS) is 18.7. The van der Waals surface area contributed by atoms with Gasteiger partial charge in [0.25, 0.3) is 0 Å². The molecule has 1 heterocycles. The molecule has 8 heteroatoms. The highest BCUT2D eigenvalue weighted by Crippen LogP contribution is 2.45.